The van der Waals surface area contributed by atoms with Gasteiger partial charge in [-0.3, -0.25) is 0 Å². The zero-order valence-electron chi connectivity index (χ0n) is 6.90. The highest BCUT2D eigenvalue weighted by Gasteiger charge is 2.34. The number of rotatable bonds is 1. The molecular formula is C8H2BrF4NO. The molecule has 0 spiro atoms. The summed E-state index contributed by atoms with van der Waals surface area (Å²) < 4.78 is 49.2. The monoisotopic (exact) mass is 283 g/mol. The normalized spacial score (nSPS) is 11.0. The van der Waals surface area contributed by atoms with Crippen molar-refractivity contribution in [1.82, 2.24) is 0 Å². The lowest BCUT2D eigenvalue weighted by atomic mass is 10.2. The number of carbonyl (C=O) groups excluding carboxylic acids is 1. The van der Waals surface area contributed by atoms with Gasteiger partial charge >= 0.3 is 6.18 Å². The molecule has 0 saturated heterocycles. The Bertz CT molecular complexity index is 437. The number of alkyl halides is 3. The molecule has 0 amide bonds. The average molecular weight is 284 g/mol. The first-order valence-corrected chi connectivity index (χ1v) is 4.29. The minimum absolute atomic E-state index is 0.432. The summed E-state index contributed by atoms with van der Waals surface area (Å²) in [7, 11) is 0. The van der Waals surface area contributed by atoms with Gasteiger partial charge in [0, 0.05) is 6.07 Å². The van der Waals surface area contributed by atoms with Crippen molar-refractivity contribution in [1.29, 1.82) is 0 Å². The predicted octanol–water partition coefficient (Wildman–Crippen LogP) is 3.57. The van der Waals surface area contributed by atoms with Gasteiger partial charge in [0.15, 0.2) is 0 Å². The van der Waals surface area contributed by atoms with E-state index in [1.165, 1.54) is 0 Å². The highest BCUT2D eigenvalue weighted by molar-refractivity contribution is 9.10. The number of benzene rings is 1. The molecule has 80 valence electrons. The van der Waals surface area contributed by atoms with E-state index in [0.717, 1.165) is 6.08 Å². The van der Waals surface area contributed by atoms with Gasteiger partial charge in [-0.15, -0.1) is 0 Å². The summed E-state index contributed by atoms with van der Waals surface area (Å²) in [5.41, 5.74) is -1.66. The number of aliphatic imine (C=N–C) groups is 1. The molecule has 7 heteroatoms. The highest BCUT2D eigenvalue weighted by Crippen LogP contribution is 2.38. The van der Waals surface area contributed by atoms with E-state index in [9.17, 15) is 22.4 Å². The number of hydrogen-bond acceptors (Lipinski definition) is 2. The molecule has 1 aromatic rings. The Hall–Kier alpha value is -1.20. The molecule has 15 heavy (non-hydrogen) atoms. The minimum Gasteiger partial charge on any atom is -0.211 e. The van der Waals surface area contributed by atoms with E-state index in [0.29, 0.717) is 12.1 Å². The Labute approximate surface area is 89.7 Å². The Morgan fingerprint density at radius 3 is 2.40 bits per heavy atom. The number of nitrogens with zero attached hydrogens (tertiary/aromatic N) is 1. The molecule has 0 aliphatic rings. The van der Waals surface area contributed by atoms with E-state index in [1.54, 1.807) is 0 Å². The molecule has 1 aromatic carbocycles. The van der Waals surface area contributed by atoms with Gasteiger partial charge in [-0.25, -0.2) is 9.18 Å². The lowest BCUT2D eigenvalue weighted by Crippen LogP contribution is -2.06. The second kappa shape index (κ2) is 4.12. The van der Waals surface area contributed by atoms with Crippen LogP contribution in [0, 0.1) is 5.82 Å². The molecule has 0 aliphatic heterocycles. The van der Waals surface area contributed by atoms with Crippen LogP contribution in [-0.2, 0) is 11.0 Å². The first kappa shape index (κ1) is 11.9. The van der Waals surface area contributed by atoms with Crippen molar-refractivity contribution in [3.8, 4) is 0 Å². The maximum Gasteiger partial charge on any atom is 0.417 e. The van der Waals surface area contributed by atoms with Crippen LogP contribution in [0.4, 0.5) is 23.2 Å². The smallest absolute Gasteiger partial charge is 0.211 e. The molecule has 0 unspecified atom stereocenters. The van der Waals surface area contributed by atoms with Gasteiger partial charge in [-0.1, -0.05) is 0 Å². The fraction of sp³-hybridized carbons (Fsp3) is 0.125. The molecule has 0 radical (unpaired) electrons. The van der Waals surface area contributed by atoms with Gasteiger partial charge in [0.05, 0.1) is 15.7 Å². The lowest BCUT2D eigenvalue weighted by Gasteiger charge is -2.09. The Morgan fingerprint density at radius 2 is 1.93 bits per heavy atom. The van der Waals surface area contributed by atoms with Crippen LogP contribution >= 0.6 is 15.9 Å². The van der Waals surface area contributed by atoms with E-state index in [4.69, 9.17) is 0 Å². The SMILES string of the molecule is O=C=Nc1cc(F)c(Br)c(C(F)(F)F)c1. The van der Waals surface area contributed by atoms with Gasteiger partial charge in [-0.2, -0.15) is 18.2 Å². The summed E-state index contributed by atoms with van der Waals surface area (Å²) in [4.78, 5) is 12.7. The maximum atomic E-state index is 13.0. The number of halogens is 5. The van der Waals surface area contributed by atoms with Crippen molar-refractivity contribution in [2.75, 3.05) is 0 Å². The van der Waals surface area contributed by atoms with E-state index in [-0.39, 0.29) is 0 Å². The van der Waals surface area contributed by atoms with Crippen LogP contribution in [0.2, 0.25) is 0 Å². The molecule has 0 heterocycles. The molecule has 0 aliphatic carbocycles. The van der Waals surface area contributed by atoms with Crippen LogP contribution in [0.15, 0.2) is 21.6 Å². The van der Waals surface area contributed by atoms with Crippen LogP contribution in [0.3, 0.4) is 0 Å². The quantitative estimate of drug-likeness (QED) is 0.440. The molecule has 0 bridgehead atoms. The number of hydrogen-bond donors (Lipinski definition) is 0. The summed E-state index contributed by atoms with van der Waals surface area (Å²) >= 11 is 2.47. The second-order valence-corrected chi connectivity index (χ2v) is 3.28. The van der Waals surface area contributed by atoms with E-state index in [1.807, 2.05) is 0 Å². The Morgan fingerprint density at radius 1 is 1.33 bits per heavy atom. The Kier molecular flexibility index (Phi) is 3.26. The minimum atomic E-state index is -4.71. The fourth-order valence-electron chi connectivity index (χ4n) is 0.898. The van der Waals surface area contributed by atoms with E-state index in [2.05, 4.69) is 20.9 Å². The zero-order chi connectivity index (χ0) is 11.6. The Balaban J connectivity index is 3.44. The molecule has 0 fully saturated rings. The third-order valence-corrected chi connectivity index (χ3v) is 2.30. The van der Waals surface area contributed by atoms with Crippen molar-refractivity contribution in [2.45, 2.75) is 6.18 Å². The molecule has 0 N–H and O–H groups in total. The third-order valence-electron chi connectivity index (χ3n) is 1.49. The summed E-state index contributed by atoms with van der Waals surface area (Å²) in [5, 5.41) is 0. The van der Waals surface area contributed by atoms with Gasteiger partial charge in [-0.05, 0) is 22.0 Å². The van der Waals surface area contributed by atoms with Crippen molar-refractivity contribution in [2.24, 2.45) is 4.99 Å². The van der Waals surface area contributed by atoms with Crippen LogP contribution in [-0.4, -0.2) is 6.08 Å². The molecule has 0 atom stereocenters. The standard InChI is InChI=1S/C8H2BrF4NO/c9-7-5(8(11,12)13)1-4(14-3-15)2-6(7)10/h1-2H. The topological polar surface area (TPSA) is 29.4 Å². The third kappa shape index (κ3) is 2.64. The van der Waals surface area contributed by atoms with E-state index >= 15 is 0 Å². The first-order valence-electron chi connectivity index (χ1n) is 3.50. The highest BCUT2D eigenvalue weighted by atomic mass is 79.9. The van der Waals surface area contributed by atoms with Gasteiger partial charge in [0.1, 0.15) is 5.82 Å². The first-order chi connectivity index (χ1) is 6.86. The summed E-state index contributed by atoms with van der Waals surface area (Å²) in [6.07, 6.45) is -3.68. The predicted molar refractivity (Wildman–Crippen MR) is 46.9 cm³/mol. The van der Waals surface area contributed by atoms with Crippen LogP contribution in [0.1, 0.15) is 5.56 Å². The molecular weight excluding hydrogens is 282 g/mol. The maximum absolute atomic E-state index is 13.0. The largest absolute Gasteiger partial charge is 0.417 e. The summed E-state index contributed by atoms with van der Waals surface area (Å²) in [6.45, 7) is 0. The second-order valence-electron chi connectivity index (χ2n) is 2.49. The van der Waals surface area contributed by atoms with Crippen LogP contribution in [0.5, 0.6) is 0 Å². The van der Waals surface area contributed by atoms with Crippen molar-refractivity contribution in [3.05, 3.63) is 28.0 Å². The molecule has 1 rings (SSSR count). The van der Waals surface area contributed by atoms with Crippen molar-refractivity contribution in [3.63, 3.8) is 0 Å². The van der Waals surface area contributed by atoms with Crippen LogP contribution < -0.4 is 0 Å². The molecule has 0 saturated carbocycles. The van der Waals surface area contributed by atoms with E-state index < -0.39 is 27.7 Å². The number of isocyanates is 1. The fourth-order valence-corrected chi connectivity index (χ4v) is 1.35. The lowest BCUT2D eigenvalue weighted by molar-refractivity contribution is -0.138. The van der Waals surface area contributed by atoms with Crippen molar-refractivity contribution < 1.29 is 22.4 Å². The van der Waals surface area contributed by atoms with Gasteiger partial charge in [0.25, 0.3) is 0 Å². The van der Waals surface area contributed by atoms with Crippen LogP contribution in [0.25, 0.3) is 0 Å². The molecule has 0 aromatic heterocycles. The molecule has 2 nitrogen and oxygen atoms in total. The van der Waals surface area contributed by atoms with Gasteiger partial charge < -0.3 is 0 Å². The summed E-state index contributed by atoms with van der Waals surface area (Å²) in [6, 6.07) is 1.25. The van der Waals surface area contributed by atoms with Gasteiger partial charge in [0.2, 0.25) is 6.08 Å². The summed E-state index contributed by atoms with van der Waals surface area (Å²) in [5.74, 6) is -1.14. The van der Waals surface area contributed by atoms with Crippen molar-refractivity contribution >= 4 is 27.7 Å². The average Bonchev–Trinajstić information content (AvgIpc) is 2.09. The zero-order valence-corrected chi connectivity index (χ0v) is 8.49.